The van der Waals surface area contributed by atoms with Gasteiger partial charge in [0.2, 0.25) is 5.91 Å². The third kappa shape index (κ3) is 5.88. The number of halogens is 3. The molecule has 12 nitrogen and oxygen atoms in total. The minimum absolute atomic E-state index is 0.0960. The van der Waals surface area contributed by atoms with Crippen LogP contribution in [-0.4, -0.2) is 66.5 Å². The summed E-state index contributed by atoms with van der Waals surface area (Å²) in [4.78, 5) is 35.5. The van der Waals surface area contributed by atoms with E-state index in [-0.39, 0.29) is 47.8 Å². The summed E-state index contributed by atoms with van der Waals surface area (Å²) in [7, 11) is 0. The van der Waals surface area contributed by atoms with Gasteiger partial charge in [0.15, 0.2) is 17.2 Å². The first-order valence-corrected chi connectivity index (χ1v) is 13.1. The summed E-state index contributed by atoms with van der Waals surface area (Å²) < 4.78 is 43.5. The van der Waals surface area contributed by atoms with E-state index in [0.29, 0.717) is 29.9 Å². The molecule has 1 aliphatic heterocycles. The van der Waals surface area contributed by atoms with E-state index in [4.69, 9.17) is 11.0 Å². The van der Waals surface area contributed by atoms with Crippen LogP contribution >= 0.6 is 0 Å². The summed E-state index contributed by atoms with van der Waals surface area (Å²) in [6, 6.07) is 6.85. The molecule has 0 bridgehead atoms. The van der Waals surface area contributed by atoms with Crippen molar-refractivity contribution in [1.29, 1.82) is 5.26 Å². The molecular formula is C27H27F3N10O2. The van der Waals surface area contributed by atoms with Crippen molar-refractivity contribution in [3.63, 3.8) is 0 Å². The standard InChI is InChI=1S/C27H27F3N10O2/c1-16-12-18(2-3-19(16)26(42)35-14-22(41)38-8-4-17(32)5-9-38)36-24-25-34-13-21(40(25)11-7-33-24)20-15-39(10-6-31)37-23(20)27(28,29)30/h2-3,7,11-13,15,17H,4-5,8-10,14,32H2,1H3,(H,33,36)(H,35,42). The molecule has 0 radical (unpaired) electrons. The van der Waals surface area contributed by atoms with Crippen LogP contribution in [0.5, 0.6) is 0 Å². The Bertz CT molecular complexity index is 1680. The maximum absolute atomic E-state index is 13.7. The molecule has 42 heavy (non-hydrogen) atoms. The van der Waals surface area contributed by atoms with Crippen molar-refractivity contribution in [3.8, 4) is 17.3 Å². The first-order valence-electron chi connectivity index (χ1n) is 13.1. The molecule has 0 unspecified atom stereocenters. The maximum atomic E-state index is 13.7. The molecule has 5 rings (SSSR count). The number of anilines is 2. The van der Waals surface area contributed by atoms with Gasteiger partial charge >= 0.3 is 6.18 Å². The van der Waals surface area contributed by atoms with Gasteiger partial charge in [0.25, 0.3) is 5.91 Å². The highest BCUT2D eigenvalue weighted by Crippen LogP contribution is 2.37. The molecule has 1 saturated heterocycles. The Morgan fingerprint density at radius 3 is 2.67 bits per heavy atom. The number of nitrogens with two attached hydrogens (primary N) is 1. The molecule has 15 heteroatoms. The van der Waals surface area contributed by atoms with Gasteiger partial charge in [-0.15, -0.1) is 0 Å². The molecule has 3 aromatic heterocycles. The normalized spacial score (nSPS) is 14.1. The predicted molar refractivity (Wildman–Crippen MR) is 145 cm³/mol. The second-order valence-corrected chi connectivity index (χ2v) is 9.91. The number of benzene rings is 1. The van der Waals surface area contributed by atoms with Gasteiger partial charge < -0.3 is 21.3 Å². The number of likely N-dealkylation sites (tertiary alicyclic amines) is 1. The predicted octanol–water partition coefficient (Wildman–Crippen LogP) is 2.87. The fraction of sp³-hybridized carbons (Fsp3) is 0.333. The Kier molecular flexibility index (Phi) is 7.81. The average Bonchev–Trinajstić information content (AvgIpc) is 3.57. The zero-order valence-corrected chi connectivity index (χ0v) is 22.5. The number of nitrogens with one attached hydrogen (secondary N) is 2. The molecule has 1 aromatic carbocycles. The maximum Gasteiger partial charge on any atom is 0.435 e. The number of nitriles is 1. The number of nitrogens with zero attached hydrogens (tertiary/aromatic N) is 7. The van der Waals surface area contributed by atoms with E-state index in [2.05, 4.69) is 25.7 Å². The summed E-state index contributed by atoms with van der Waals surface area (Å²) >= 11 is 0. The molecular weight excluding hydrogens is 553 g/mol. The SMILES string of the molecule is Cc1cc(Nc2nccn3c(-c4cn(CC#N)nc4C(F)(F)F)cnc23)ccc1C(=O)NCC(=O)N1CCC(N)CC1. The molecule has 4 N–H and O–H groups in total. The van der Waals surface area contributed by atoms with Crippen LogP contribution in [0, 0.1) is 18.3 Å². The Morgan fingerprint density at radius 1 is 1.21 bits per heavy atom. The van der Waals surface area contributed by atoms with Gasteiger partial charge in [0, 0.05) is 49.0 Å². The molecule has 4 aromatic rings. The van der Waals surface area contributed by atoms with Crippen LogP contribution in [0.4, 0.5) is 24.7 Å². The van der Waals surface area contributed by atoms with Gasteiger partial charge in [-0.3, -0.25) is 18.7 Å². The van der Waals surface area contributed by atoms with Crippen LogP contribution in [0.25, 0.3) is 16.9 Å². The van der Waals surface area contributed by atoms with Crippen LogP contribution in [0.1, 0.15) is 34.5 Å². The molecule has 0 aliphatic carbocycles. The number of aromatic nitrogens is 5. The fourth-order valence-electron chi connectivity index (χ4n) is 4.82. The highest BCUT2D eigenvalue weighted by molar-refractivity contribution is 5.98. The summed E-state index contributed by atoms with van der Waals surface area (Å²) in [6.07, 6.45) is 2.05. The lowest BCUT2D eigenvalue weighted by Gasteiger charge is -2.30. The third-order valence-corrected chi connectivity index (χ3v) is 6.99. The van der Waals surface area contributed by atoms with Gasteiger partial charge in [-0.05, 0) is 43.5 Å². The Hall–Kier alpha value is -4.97. The number of imidazole rings is 1. The fourth-order valence-corrected chi connectivity index (χ4v) is 4.82. The van der Waals surface area contributed by atoms with Crippen molar-refractivity contribution in [2.75, 3.05) is 25.0 Å². The average molecular weight is 581 g/mol. The first kappa shape index (κ1) is 28.6. The Morgan fingerprint density at radius 2 is 1.98 bits per heavy atom. The van der Waals surface area contributed by atoms with Crippen LogP contribution < -0.4 is 16.4 Å². The van der Waals surface area contributed by atoms with Crippen LogP contribution in [0.15, 0.2) is 43.0 Å². The van der Waals surface area contributed by atoms with Crippen molar-refractivity contribution in [2.45, 2.75) is 38.5 Å². The number of alkyl halides is 3. The zero-order chi connectivity index (χ0) is 30.0. The van der Waals surface area contributed by atoms with Crippen LogP contribution in [0.3, 0.4) is 0 Å². The Balaban J connectivity index is 1.32. The van der Waals surface area contributed by atoms with Crippen molar-refractivity contribution < 1.29 is 22.8 Å². The molecule has 2 amide bonds. The van der Waals surface area contributed by atoms with E-state index in [1.165, 1.54) is 23.0 Å². The number of fused-ring (bicyclic) bond motifs is 1. The van der Waals surface area contributed by atoms with E-state index in [9.17, 15) is 22.8 Å². The second kappa shape index (κ2) is 11.5. The smallest absolute Gasteiger partial charge is 0.343 e. The zero-order valence-electron chi connectivity index (χ0n) is 22.5. The summed E-state index contributed by atoms with van der Waals surface area (Å²) in [5.41, 5.74) is 6.49. The van der Waals surface area contributed by atoms with E-state index in [1.807, 2.05) is 0 Å². The van der Waals surface area contributed by atoms with Crippen molar-refractivity contribution in [2.24, 2.45) is 5.73 Å². The lowest BCUT2D eigenvalue weighted by molar-refractivity contribution is -0.141. The molecule has 218 valence electrons. The number of carbonyl (C=O) groups is 2. The molecule has 1 aliphatic rings. The van der Waals surface area contributed by atoms with E-state index >= 15 is 0 Å². The van der Waals surface area contributed by atoms with Crippen LogP contribution in [-0.2, 0) is 17.5 Å². The van der Waals surface area contributed by atoms with E-state index < -0.39 is 17.8 Å². The van der Waals surface area contributed by atoms with Gasteiger partial charge in [-0.2, -0.15) is 23.5 Å². The minimum Gasteiger partial charge on any atom is -0.343 e. The lowest BCUT2D eigenvalue weighted by Crippen LogP contribution is -2.46. The highest BCUT2D eigenvalue weighted by Gasteiger charge is 2.38. The number of rotatable bonds is 7. The van der Waals surface area contributed by atoms with Crippen LogP contribution in [0.2, 0.25) is 0 Å². The number of carbonyl (C=O) groups excluding carboxylic acids is 2. The topological polar surface area (TPSA) is 159 Å². The van der Waals surface area contributed by atoms with Crippen molar-refractivity contribution in [3.05, 3.63) is 59.8 Å². The van der Waals surface area contributed by atoms with Gasteiger partial charge in [-0.25, -0.2) is 9.97 Å². The number of piperidine rings is 1. The second-order valence-electron chi connectivity index (χ2n) is 9.91. The minimum atomic E-state index is -4.74. The number of hydrogen-bond donors (Lipinski definition) is 3. The molecule has 0 spiro atoms. The van der Waals surface area contributed by atoms with Gasteiger partial charge in [-0.1, -0.05) is 0 Å². The van der Waals surface area contributed by atoms with Gasteiger partial charge in [0.1, 0.15) is 6.54 Å². The molecule has 4 heterocycles. The van der Waals surface area contributed by atoms with Crippen molar-refractivity contribution >= 4 is 29.0 Å². The number of hydrogen-bond acceptors (Lipinski definition) is 8. The number of aryl methyl sites for hydroxylation is 1. The molecule has 0 saturated carbocycles. The quantitative estimate of drug-likeness (QED) is 0.301. The lowest BCUT2D eigenvalue weighted by atomic mass is 10.1. The van der Waals surface area contributed by atoms with Gasteiger partial charge in [0.05, 0.1) is 30.1 Å². The summed E-state index contributed by atoms with van der Waals surface area (Å²) in [5.74, 6) is -0.286. The number of amides is 2. The molecule has 1 fully saturated rings. The van der Waals surface area contributed by atoms with E-state index in [1.54, 1.807) is 36.1 Å². The van der Waals surface area contributed by atoms with Crippen molar-refractivity contribution in [1.82, 2.24) is 34.4 Å². The Labute approximate surface area is 237 Å². The highest BCUT2D eigenvalue weighted by atomic mass is 19.4. The summed E-state index contributed by atoms with van der Waals surface area (Å²) in [5, 5.41) is 18.2. The monoisotopic (exact) mass is 580 g/mol. The third-order valence-electron chi connectivity index (χ3n) is 6.99. The van der Waals surface area contributed by atoms with E-state index in [0.717, 1.165) is 23.7 Å². The largest absolute Gasteiger partial charge is 0.435 e. The molecule has 0 atom stereocenters. The first-order chi connectivity index (χ1) is 20.0. The summed E-state index contributed by atoms with van der Waals surface area (Å²) in [6.45, 7) is 2.43.